The maximum absolute atomic E-state index is 9.06. The van der Waals surface area contributed by atoms with Crippen LogP contribution in [-0.4, -0.2) is 47.3 Å². The van der Waals surface area contributed by atoms with Gasteiger partial charge < -0.3 is 14.6 Å². The number of aromatic amines is 1. The summed E-state index contributed by atoms with van der Waals surface area (Å²) >= 11 is 0. The van der Waals surface area contributed by atoms with E-state index >= 15 is 0 Å². The van der Waals surface area contributed by atoms with Gasteiger partial charge in [0.25, 0.3) is 0 Å². The number of H-pyrrole nitrogens is 1. The van der Waals surface area contributed by atoms with Crippen molar-refractivity contribution < 1.29 is 4.74 Å². The first-order valence-corrected chi connectivity index (χ1v) is 8.09. The molecule has 126 valence electrons. The molecule has 2 heterocycles. The minimum Gasteiger partial charge on any atom is -0.375 e. The number of aromatic nitrogens is 2. The zero-order valence-corrected chi connectivity index (χ0v) is 14.2. The molecule has 0 bridgehead atoms. The van der Waals surface area contributed by atoms with Crippen molar-refractivity contribution >= 4 is 22.9 Å². The molecule has 0 spiro atoms. The lowest BCUT2D eigenvalue weighted by Crippen LogP contribution is -2.26. The molecule has 0 atom stereocenters. The molecule has 0 amide bonds. The molecule has 6 heteroatoms. The summed E-state index contributed by atoms with van der Waals surface area (Å²) in [6.45, 7) is 11.9. The highest BCUT2D eigenvalue weighted by Crippen LogP contribution is 2.29. The van der Waals surface area contributed by atoms with E-state index in [0.717, 1.165) is 36.1 Å². The van der Waals surface area contributed by atoms with E-state index in [1.54, 1.807) is 24.6 Å². The average molecular weight is 325 g/mol. The summed E-state index contributed by atoms with van der Waals surface area (Å²) in [5.74, 6) is 0.713. The SMILES string of the molecule is C=CC=Nc1[nH]c2cnc(C#N)cc2c1COCCN(CC)CC. The van der Waals surface area contributed by atoms with Gasteiger partial charge in [0, 0.05) is 23.7 Å². The molecule has 6 nitrogen and oxygen atoms in total. The largest absolute Gasteiger partial charge is 0.375 e. The van der Waals surface area contributed by atoms with Crippen LogP contribution in [0.15, 0.2) is 29.9 Å². The minimum absolute atomic E-state index is 0.380. The van der Waals surface area contributed by atoms with Crippen LogP contribution in [0.4, 0.5) is 5.82 Å². The van der Waals surface area contributed by atoms with Crippen LogP contribution in [-0.2, 0) is 11.3 Å². The first-order valence-electron chi connectivity index (χ1n) is 8.09. The molecule has 0 aliphatic rings. The first-order chi connectivity index (χ1) is 11.7. The monoisotopic (exact) mass is 325 g/mol. The molecule has 2 aromatic heterocycles. The number of hydrogen-bond donors (Lipinski definition) is 1. The maximum atomic E-state index is 9.06. The number of allylic oxidation sites excluding steroid dienone is 1. The second kappa shape index (κ2) is 8.96. The molecule has 1 N–H and O–H groups in total. The zero-order chi connectivity index (χ0) is 17.4. The molecule has 0 saturated heterocycles. The first kappa shape index (κ1) is 17.9. The number of nitrogens with one attached hydrogen (secondary N) is 1. The number of fused-ring (bicyclic) bond motifs is 1. The van der Waals surface area contributed by atoms with Gasteiger partial charge in [0.2, 0.25) is 0 Å². The lowest BCUT2D eigenvalue weighted by Gasteiger charge is -2.17. The van der Waals surface area contributed by atoms with E-state index in [2.05, 4.69) is 46.4 Å². The Morgan fingerprint density at radius 2 is 2.25 bits per heavy atom. The Morgan fingerprint density at radius 1 is 1.46 bits per heavy atom. The van der Waals surface area contributed by atoms with Gasteiger partial charge in [0.1, 0.15) is 17.6 Å². The number of nitrogens with zero attached hydrogens (tertiary/aromatic N) is 4. The highest BCUT2D eigenvalue weighted by atomic mass is 16.5. The van der Waals surface area contributed by atoms with Crippen LogP contribution in [0.1, 0.15) is 25.1 Å². The topological polar surface area (TPSA) is 77.3 Å². The van der Waals surface area contributed by atoms with Crippen LogP contribution < -0.4 is 0 Å². The number of rotatable bonds is 9. The lowest BCUT2D eigenvalue weighted by molar-refractivity contribution is 0.0965. The summed E-state index contributed by atoms with van der Waals surface area (Å²) in [7, 11) is 0. The number of pyridine rings is 1. The zero-order valence-electron chi connectivity index (χ0n) is 14.2. The van der Waals surface area contributed by atoms with Gasteiger partial charge in [-0.25, -0.2) is 9.98 Å². The molecule has 2 aromatic rings. The van der Waals surface area contributed by atoms with Gasteiger partial charge in [0.15, 0.2) is 0 Å². The van der Waals surface area contributed by atoms with Gasteiger partial charge in [-0.05, 0) is 19.2 Å². The number of aliphatic imine (C=N–C) groups is 1. The Morgan fingerprint density at radius 3 is 2.92 bits per heavy atom. The number of nitriles is 1. The molecular formula is C18H23N5O. The Kier molecular flexibility index (Phi) is 6.67. The molecule has 0 saturated carbocycles. The Balaban J connectivity index is 2.20. The van der Waals surface area contributed by atoms with Crippen molar-refractivity contribution in [2.75, 3.05) is 26.2 Å². The van der Waals surface area contributed by atoms with Crippen molar-refractivity contribution in [1.82, 2.24) is 14.9 Å². The van der Waals surface area contributed by atoms with E-state index in [1.165, 1.54) is 0 Å². The fourth-order valence-corrected chi connectivity index (χ4v) is 2.49. The van der Waals surface area contributed by atoms with E-state index in [1.807, 2.05) is 0 Å². The van der Waals surface area contributed by atoms with Gasteiger partial charge in [-0.3, -0.25) is 0 Å². The van der Waals surface area contributed by atoms with E-state index in [9.17, 15) is 0 Å². The van der Waals surface area contributed by atoms with Gasteiger partial charge >= 0.3 is 0 Å². The molecule has 0 unspecified atom stereocenters. The van der Waals surface area contributed by atoms with Crippen molar-refractivity contribution in [3.8, 4) is 6.07 Å². The molecule has 0 fully saturated rings. The van der Waals surface area contributed by atoms with Crippen molar-refractivity contribution in [2.45, 2.75) is 20.5 Å². The van der Waals surface area contributed by atoms with Crippen LogP contribution in [0.5, 0.6) is 0 Å². The summed E-state index contributed by atoms with van der Waals surface area (Å²) in [4.78, 5) is 14.0. The van der Waals surface area contributed by atoms with Crippen molar-refractivity contribution in [1.29, 1.82) is 5.26 Å². The van der Waals surface area contributed by atoms with Crippen molar-refractivity contribution in [3.63, 3.8) is 0 Å². The van der Waals surface area contributed by atoms with Crippen LogP contribution in [0.25, 0.3) is 10.9 Å². The minimum atomic E-state index is 0.380. The smallest absolute Gasteiger partial charge is 0.141 e. The van der Waals surface area contributed by atoms with Gasteiger partial charge in [-0.1, -0.05) is 26.5 Å². The second-order valence-corrected chi connectivity index (χ2v) is 5.27. The highest BCUT2D eigenvalue weighted by Gasteiger charge is 2.12. The summed E-state index contributed by atoms with van der Waals surface area (Å²) in [6, 6.07) is 3.83. The van der Waals surface area contributed by atoms with E-state index < -0.39 is 0 Å². The Labute approximate surface area is 142 Å². The van der Waals surface area contributed by atoms with Gasteiger partial charge in [-0.15, -0.1) is 0 Å². The average Bonchev–Trinajstić information content (AvgIpc) is 2.96. The van der Waals surface area contributed by atoms with Gasteiger partial charge in [0.05, 0.1) is 24.9 Å². The Bertz CT molecular complexity index is 753. The third kappa shape index (κ3) is 4.28. The molecule has 0 radical (unpaired) electrons. The van der Waals surface area contributed by atoms with Crippen molar-refractivity contribution in [2.24, 2.45) is 4.99 Å². The van der Waals surface area contributed by atoms with Crippen LogP contribution in [0.2, 0.25) is 0 Å². The van der Waals surface area contributed by atoms with Crippen molar-refractivity contribution in [3.05, 3.63) is 36.2 Å². The second-order valence-electron chi connectivity index (χ2n) is 5.27. The molecular weight excluding hydrogens is 302 g/mol. The predicted octanol–water partition coefficient (Wildman–Crippen LogP) is 3.18. The standard InChI is InChI=1S/C18H23N5O/c1-4-7-20-18-16(13-24-9-8-23(5-2)6-3)15-10-14(11-19)21-12-17(15)22-18/h4,7,10,12,22H,1,5-6,8-9,13H2,2-3H3. The number of hydrogen-bond acceptors (Lipinski definition) is 5. The lowest BCUT2D eigenvalue weighted by atomic mass is 10.2. The normalized spacial score (nSPS) is 11.4. The van der Waals surface area contributed by atoms with Crippen LogP contribution in [0.3, 0.4) is 0 Å². The molecule has 0 aliphatic carbocycles. The number of ether oxygens (including phenoxy) is 1. The predicted molar refractivity (Wildman–Crippen MR) is 96.6 cm³/mol. The highest BCUT2D eigenvalue weighted by molar-refractivity contribution is 5.89. The quantitative estimate of drug-likeness (QED) is 0.567. The fraction of sp³-hybridized carbons (Fsp3) is 0.389. The maximum Gasteiger partial charge on any atom is 0.141 e. The van der Waals surface area contributed by atoms with Crippen LogP contribution in [0, 0.1) is 11.3 Å². The fourth-order valence-electron chi connectivity index (χ4n) is 2.49. The third-order valence-corrected chi connectivity index (χ3v) is 3.88. The molecule has 0 aromatic carbocycles. The summed E-state index contributed by atoms with van der Waals surface area (Å²) in [5, 5.41) is 9.98. The van der Waals surface area contributed by atoms with E-state index in [4.69, 9.17) is 10.00 Å². The summed E-state index contributed by atoms with van der Waals surface area (Å²) < 4.78 is 5.85. The van der Waals surface area contributed by atoms with E-state index in [0.29, 0.717) is 24.7 Å². The number of likely N-dealkylation sites (N-methyl/N-ethyl adjacent to an activating group) is 1. The van der Waals surface area contributed by atoms with E-state index in [-0.39, 0.29) is 0 Å². The summed E-state index contributed by atoms with van der Waals surface area (Å²) in [6.07, 6.45) is 4.90. The van der Waals surface area contributed by atoms with Gasteiger partial charge in [-0.2, -0.15) is 5.26 Å². The summed E-state index contributed by atoms with van der Waals surface area (Å²) in [5.41, 5.74) is 2.15. The molecule has 2 rings (SSSR count). The third-order valence-electron chi connectivity index (χ3n) is 3.88. The molecule has 0 aliphatic heterocycles. The Hall–Kier alpha value is -2.49. The molecule has 24 heavy (non-hydrogen) atoms. The van der Waals surface area contributed by atoms with Crippen LogP contribution >= 0.6 is 0 Å².